The summed E-state index contributed by atoms with van der Waals surface area (Å²) in [4.78, 5) is 0. The molecule has 70 valence electrons. The summed E-state index contributed by atoms with van der Waals surface area (Å²) >= 11 is 0. The van der Waals surface area contributed by atoms with Gasteiger partial charge in [0.15, 0.2) is 0 Å². The molecule has 13 heavy (non-hydrogen) atoms. The minimum atomic E-state index is -2.52. The van der Waals surface area contributed by atoms with Crippen molar-refractivity contribution in [3.05, 3.63) is 35.4 Å². The molecule has 1 aromatic carbocycles. The van der Waals surface area contributed by atoms with Gasteiger partial charge in [-0.25, -0.2) is 8.78 Å². The van der Waals surface area contributed by atoms with Gasteiger partial charge in [-0.05, 0) is 11.1 Å². The van der Waals surface area contributed by atoms with E-state index in [9.17, 15) is 8.78 Å². The first-order chi connectivity index (χ1) is 6.13. The Morgan fingerprint density at radius 1 is 1.46 bits per heavy atom. The standard InChI is InChI=1S/C10H10F2O/c11-10(12)5-9(10)8-3-1-2-7(4-8)6-13/h1-4,9,13H,5-6H2. The topological polar surface area (TPSA) is 20.2 Å². The maximum Gasteiger partial charge on any atom is 0.255 e. The summed E-state index contributed by atoms with van der Waals surface area (Å²) < 4.78 is 25.3. The fourth-order valence-corrected chi connectivity index (χ4v) is 1.48. The largest absolute Gasteiger partial charge is 0.392 e. The predicted molar refractivity (Wildman–Crippen MR) is 44.7 cm³/mol. The first-order valence-corrected chi connectivity index (χ1v) is 4.21. The lowest BCUT2D eigenvalue weighted by Gasteiger charge is -2.01. The lowest BCUT2D eigenvalue weighted by atomic mass is 10.1. The van der Waals surface area contributed by atoms with Crippen molar-refractivity contribution in [2.24, 2.45) is 0 Å². The summed E-state index contributed by atoms with van der Waals surface area (Å²) in [6.07, 6.45) is -0.0537. The SMILES string of the molecule is OCc1cccc(C2CC2(F)F)c1. The van der Waals surface area contributed by atoms with E-state index in [4.69, 9.17) is 5.11 Å². The maximum absolute atomic E-state index is 12.7. The summed E-state index contributed by atoms with van der Waals surface area (Å²) in [5.74, 6) is -3.15. The molecule has 1 aliphatic rings. The Morgan fingerprint density at radius 2 is 2.15 bits per heavy atom. The van der Waals surface area contributed by atoms with E-state index in [0.717, 1.165) is 0 Å². The Balaban J connectivity index is 2.23. The minimum Gasteiger partial charge on any atom is -0.392 e. The van der Waals surface area contributed by atoms with Crippen molar-refractivity contribution in [3.63, 3.8) is 0 Å². The number of aliphatic hydroxyl groups is 1. The molecule has 1 atom stereocenters. The molecule has 1 unspecified atom stereocenters. The number of hydrogen-bond donors (Lipinski definition) is 1. The van der Waals surface area contributed by atoms with E-state index in [1.165, 1.54) is 0 Å². The monoisotopic (exact) mass is 184 g/mol. The van der Waals surface area contributed by atoms with Crippen LogP contribution in [0.25, 0.3) is 0 Å². The molecule has 0 bridgehead atoms. The van der Waals surface area contributed by atoms with Crippen molar-refractivity contribution in [1.29, 1.82) is 0 Å². The van der Waals surface area contributed by atoms with Crippen LogP contribution in [0.1, 0.15) is 23.5 Å². The minimum absolute atomic E-state index is 0.0537. The number of hydrogen-bond acceptors (Lipinski definition) is 1. The third-order valence-electron chi connectivity index (χ3n) is 2.36. The Kier molecular flexibility index (Phi) is 1.84. The van der Waals surface area contributed by atoms with Crippen LogP contribution in [0.15, 0.2) is 24.3 Å². The van der Waals surface area contributed by atoms with Crippen LogP contribution in [0.2, 0.25) is 0 Å². The normalized spacial score (nSPS) is 24.4. The van der Waals surface area contributed by atoms with E-state index in [0.29, 0.717) is 11.1 Å². The Hall–Kier alpha value is -0.960. The number of benzene rings is 1. The quantitative estimate of drug-likeness (QED) is 0.747. The molecule has 1 aromatic rings. The van der Waals surface area contributed by atoms with Gasteiger partial charge in [0.1, 0.15) is 0 Å². The molecule has 1 N–H and O–H groups in total. The molecule has 0 radical (unpaired) electrons. The molecule has 1 aliphatic carbocycles. The summed E-state index contributed by atoms with van der Waals surface area (Å²) in [6, 6.07) is 6.76. The van der Waals surface area contributed by atoms with E-state index in [2.05, 4.69) is 0 Å². The molecule has 0 aromatic heterocycles. The second kappa shape index (κ2) is 2.77. The molecule has 0 amide bonds. The zero-order valence-corrected chi connectivity index (χ0v) is 7.00. The average Bonchev–Trinajstić information content (AvgIpc) is 2.76. The number of halogens is 2. The maximum atomic E-state index is 12.7. The van der Waals surface area contributed by atoms with E-state index >= 15 is 0 Å². The van der Waals surface area contributed by atoms with E-state index in [1.807, 2.05) is 0 Å². The fraction of sp³-hybridized carbons (Fsp3) is 0.400. The molecule has 1 nitrogen and oxygen atoms in total. The smallest absolute Gasteiger partial charge is 0.255 e. The van der Waals surface area contributed by atoms with Crippen LogP contribution < -0.4 is 0 Å². The van der Waals surface area contributed by atoms with Gasteiger partial charge in [-0.15, -0.1) is 0 Å². The summed E-state index contributed by atoms with van der Waals surface area (Å²) in [5.41, 5.74) is 1.33. The first-order valence-electron chi connectivity index (χ1n) is 4.21. The Morgan fingerprint density at radius 3 is 2.69 bits per heavy atom. The fourth-order valence-electron chi connectivity index (χ4n) is 1.48. The predicted octanol–water partition coefficient (Wildman–Crippen LogP) is 2.30. The first kappa shape index (κ1) is 8.63. The second-order valence-corrected chi connectivity index (χ2v) is 3.42. The van der Waals surface area contributed by atoms with E-state index in [-0.39, 0.29) is 13.0 Å². The summed E-state index contributed by atoms with van der Waals surface area (Å²) in [6.45, 7) is -0.0911. The average molecular weight is 184 g/mol. The molecule has 3 heteroatoms. The van der Waals surface area contributed by atoms with Gasteiger partial charge in [-0.1, -0.05) is 24.3 Å². The molecule has 0 heterocycles. The van der Waals surface area contributed by atoms with E-state index in [1.54, 1.807) is 24.3 Å². The number of aliphatic hydroxyl groups excluding tert-OH is 1. The Bertz CT molecular complexity index is 322. The zero-order chi connectivity index (χ0) is 9.47. The van der Waals surface area contributed by atoms with Gasteiger partial charge in [0.05, 0.1) is 12.5 Å². The molecule has 2 rings (SSSR count). The van der Waals surface area contributed by atoms with Crippen LogP contribution in [0, 0.1) is 0 Å². The van der Waals surface area contributed by atoms with E-state index < -0.39 is 11.8 Å². The highest BCUT2D eigenvalue weighted by molar-refractivity contribution is 5.32. The van der Waals surface area contributed by atoms with Crippen LogP contribution in [-0.2, 0) is 6.61 Å². The molecular weight excluding hydrogens is 174 g/mol. The van der Waals surface area contributed by atoms with Crippen molar-refractivity contribution >= 4 is 0 Å². The molecule has 0 spiro atoms. The second-order valence-electron chi connectivity index (χ2n) is 3.42. The van der Waals surface area contributed by atoms with Gasteiger partial charge in [0, 0.05) is 6.42 Å². The van der Waals surface area contributed by atoms with Crippen molar-refractivity contribution in [2.75, 3.05) is 0 Å². The van der Waals surface area contributed by atoms with Crippen LogP contribution >= 0.6 is 0 Å². The molecule has 0 aliphatic heterocycles. The van der Waals surface area contributed by atoms with Gasteiger partial charge in [0.2, 0.25) is 0 Å². The van der Waals surface area contributed by atoms with Gasteiger partial charge < -0.3 is 5.11 Å². The van der Waals surface area contributed by atoms with Crippen molar-refractivity contribution < 1.29 is 13.9 Å². The molecule has 1 saturated carbocycles. The highest BCUT2D eigenvalue weighted by atomic mass is 19.3. The number of alkyl halides is 2. The summed E-state index contributed by atoms with van der Waals surface area (Å²) in [5, 5.41) is 8.81. The highest BCUT2D eigenvalue weighted by Crippen LogP contribution is 2.55. The van der Waals surface area contributed by atoms with Gasteiger partial charge >= 0.3 is 0 Å². The third-order valence-corrected chi connectivity index (χ3v) is 2.36. The van der Waals surface area contributed by atoms with Gasteiger partial charge in [-0.3, -0.25) is 0 Å². The highest BCUT2D eigenvalue weighted by Gasteiger charge is 2.57. The Labute approximate surface area is 75.0 Å². The van der Waals surface area contributed by atoms with Crippen LogP contribution in [0.5, 0.6) is 0 Å². The van der Waals surface area contributed by atoms with Crippen molar-refractivity contribution in [1.82, 2.24) is 0 Å². The lowest BCUT2D eigenvalue weighted by molar-refractivity contribution is 0.112. The third kappa shape index (κ3) is 1.56. The van der Waals surface area contributed by atoms with Crippen LogP contribution in [0.3, 0.4) is 0 Å². The van der Waals surface area contributed by atoms with Crippen molar-refractivity contribution in [2.45, 2.75) is 24.9 Å². The molecule has 1 fully saturated rings. The zero-order valence-electron chi connectivity index (χ0n) is 7.00. The van der Waals surface area contributed by atoms with Gasteiger partial charge in [0.25, 0.3) is 5.92 Å². The van der Waals surface area contributed by atoms with Crippen molar-refractivity contribution in [3.8, 4) is 0 Å². The lowest BCUT2D eigenvalue weighted by Crippen LogP contribution is -1.93. The van der Waals surface area contributed by atoms with Gasteiger partial charge in [-0.2, -0.15) is 0 Å². The molecular formula is C10H10F2O. The van der Waals surface area contributed by atoms with Crippen LogP contribution in [0.4, 0.5) is 8.78 Å². The number of rotatable bonds is 2. The summed E-state index contributed by atoms with van der Waals surface area (Å²) in [7, 11) is 0. The van der Waals surface area contributed by atoms with Crippen LogP contribution in [-0.4, -0.2) is 11.0 Å². The molecule has 0 saturated heterocycles.